The first kappa shape index (κ1) is 36.7. The minimum atomic E-state index is -1.37. The molecule has 1 N–H and O–H groups in total. The van der Waals surface area contributed by atoms with E-state index >= 15 is 0 Å². The quantitative estimate of drug-likeness (QED) is 0.230. The molecule has 5 bridgehead atoms. The van der Waals surface area contributed by atoms with Gasteiger partial charge in [0, 0.05) is 63.8 Å². The molecule has 5 heterocycles. The second-order valence-electron chi connectivity index (χ2n) is 13.9. The van der Waals surface area contributed by atoms with Crippen molar-refractivity contribution < 1.29 is 38.5 Å². The van der Waals surface area contributed by atoms with Gasteiger partial charge in [0.15, 0.2) is 0 Å². The Hall–Kier alpha value is -3.10. The van der Waals surface area contributed by atoms with Crippen molar-refractivity contribution in [3.63, 3.8) is 0 Å². The molecule has 5 aliphatic heterocycles. The van der Waals surface area contributed by atoms with Crippen LogP contribution in [-0.2, 0) is 33.4 Å². The van der Waals surface area contributed by atoms with Crippen LogP contribution in [0.4, 0.5) is 0 Å². The monoisotopic (exact) mass is 756 g/mol. The highest BCUT2D eigenvalue weighted by Gasteiger charge is 2.75. The second kappa shape index (κ2) is 16.1. The molecule has 7 atom stereocenters. The molecule has 0 aromatic heterocycles. The summed E-state index contributed by atoms with van der Waals surface area (Å²) < 4.78 is 19.2. The van der Waals surface area contributed by atoms with E-state index in [0.717, 1.165) is 18.7 Å². The third kappa shape index (κ3) is 7.16. The Balaban J connectivity index is 1.39. The van der Waals surface area contributed by atoms with Gasteiger partial charge in [0.25, 0.3) is 0 Å². The summed E-state index contributed by atoms with van der Waals surface area (Å²) in [7, 11) is 1.72. The van der Waals surface area contributed by atoms with Gasteiger partial charge in [0.2, 0.25) is 17.7 Å². The standard InChI is InChI=1S/C37H49BrN4O8/c1-25-31(26-12-6-3-7-13-26)49-36(47)29-30-34(45)42(16-10-5-11-21-43)33(37(30)24-27(38)32(29)50-37)35(46)41(18-17-40-19-22-48-23-20-40)15-9-4-8-14-28(44)39(25)2/h3-4,6-7,9,12-13,24-25,29-33,43H,5,8,10-11,14-23H2,1-2H3/b9-4-/t25-,29+,30-,31+,32+,33+,37-/m1/s1. The lowest BCUT2D eigenvalue weighted by Gasteiger charge is -2.37. The van der Waals surface area contributed by atoms with Crippen LogP contribution in [0.1, 0.15) is 50.7 Å². The Morgan fingerprint density at radius 2 is 1.70 bits per heavy atom. The van der Waals surface area contributed by atoms with Crippen molar-refractivity contribution in [3.05, 3.63) is 58.6 Å². The topological polar surface area (TPSA) is 129 Å². The lowest BCUT2D eigenvalue weighted by molar-refractivity contribution is -0.164. The number of rotatable bonds is 9. The number of likely N-dealkylation sites (N-methyl/N-ethyl adjacent to an activating group) is 1. The van der Waals surface area contributed by atoms with Gasteiger partial charge in [-0.15, -0.1) is 0 Å². The summed E-state index contributed by atoms with van der Waals surface area (Å²) >= 11 is 3.64. The van der Waals surface area contributed by atoms with E-state index < -0.39 is 47.7 Å². The number of fused-ring (bicyclic) bond motifs is 2. The van der Waals surface area contributed by atoms with Crippen molar-refractivity contribution in [1.29, 1.82) is 0 Å². The number of carbonyl (C=O) groups is 4. The lowest BCUT2D eigenvalue weighted by atomic mass is 9.74. The van der Waals surface area contributed by atoms with E-state index in [0.29, 0.717) is 69.6 Å². The van der Waals surface area contributed by atoms with E-state index in [1.807, 2.05) is 55.5 Å². The Labute approximate surface area is 302 Å². The molecule has 50 heavy (non-hydrogen) atoms. The van der Waals surface area contributed by atoms with E-state index in [-0.39, 0.29) is 30.7 Å². The number of amides is 3. The zero-order valence-electron chi connectivity index (χ0n) is 29.0. The summed E-state index contributed by atoms with van der Waals surface area (Å²) in [5.41, 5.74) is -0.639. The average Bonchev–Trinajstić information content (AvgIpc) is 3.72. The molecule has 0 radical (unpaired) electrons. The molecule has 3 fully saturated rings. The highest BCUT2D eigenvalue weighted by atomic mass is 79.9. The highest BCUT2D eigenvalue weighted by molar-refractivity contribution is 9.11. The summed E-state index contributed by atoms with van der Waals surface area (Å²) in [4.78, 5) is 64.6. The average molecular weight is 758 g/mol. The highest BCUT2D eigenvalue weighted by Crippen LogP contribution is 2.59. The molecule has 1 aromatic rings. The maximum absolute atomic E-state index is 14.9. The fourth-order valence-electron chi connectivity index (χ4n) is 8.05. The SMILES string of the molecule is C[C@@H]1[C@@H](c2ccccc2)OC(=O)[C@@H]2[C@H]3O[C@@]4(C=C3Br)[C@H](C(=O)N(CCN3CCOCC3)C/C=C\CCC(=O)N1C)N(CCCCCO)C(=O)[C@@H]24. The number of aliphatic hydroxyl groups excluding tert-OH is 1. The van der Waals surface area contributed by atoms with Crippen molar-refractivity contribution >= 4 is 39.6 Å². The molecule has 3 amide bonds. The van der Waals surface area contributed by atoms with Crippen LogP contribution in [0.25, 0.3) is 0 Å². The number of benzene rings is 1. The smallest absolute Gasteiger partial charge is 0.313 e. The Morgan fingerprint density at radius 3 is 2.44 bits per heavy atom. The summed E-state index contributed by atoms with van der Waals surface area (Å²) in [5, 5.41) is 9.41. The minimum absolute atomic E-state index is 0.0424. The maximum Gasteiger partial charge on any atom is 0.313 e. The van der Waals surface area contributed by atoms with Crippen LogP contribution >= 0.6 is 15.9 Å². The number of esters is 1. The van der Waals surface area contributed by atoms with Gasteiger partial charge in [0.1, 0.15) is 29.8 Å². The third-order valence-corrected chi connectivity index (χ3v) is 11.6. The van der Waals surface area contributed by atoms with Crippen LogP contribution in [0, 0.1) is 11.8 Å². The summed E-state index contributed by atoms with van der Waals surface area (Å²) in [6.07, 6.45) is 6.66. The molecule has 0 unspecified atom stereocenters. The van der Waals surface area contributed by atoms with E-state index in [9.17, 15) is 24.3 Å². The maximum atomic E-state index is 14.9. The number of aliphatic hydroxyl groups is 1. The van der Waals surface area contributed by atoms with Gasteiger partial charge in [-0.1, -0.05) is 58.4 Å². The van der Waals surface area contributed by atoms with Gasteiger partial charge in [-0.05, 0) is 44.2 Å². The number of likely N-dealkylation sites (tertiary alicyclic amines) is 1. The normalized spacial score (nSPS) is 33.1. The number of hydrogen-bond acceptors (Lipinski definition) is 9. The van der Waals surface area contributed by atoms with Gasteiger partial charge in [-0.25, -0.2) is 0 Å². The molecule has 12 nitrogen and oxygen atoms in total. The van der Waals surface area contributed by atoms with Crippen molar-refractivity contribution in [3.8, 4) is 0 Å². The molecular formula is C37H49BrN4O8. The number of ether oxygens (including phenoxy) is 3. The number of cyclic esters (lactones) is 1. The van der Waals surface area contributed by atoms with Crippen molar-refractivity contribution in [2.24, 2.45) is 11.8 Å². The molecule has 5 aliphatic rings. The Bertz CT molecular complexity index is 1470. The number of halogens is 1. The van der Waals surface area contributed by atoms with Gasteiger partial charge in [0.05, 0.1) is 25.2 Å². The third-order valence-electron chi connectivity index (χ3n) is 10.9. The van der Waals surface area contributed by atoms with Crippen molar-refractivity contribution in [2.75, 3.05) is 66.1 Å². The number of hydrogen-bond donors (Lipinski definition) is 1. The van der Waals surface area contributed by atoms with Crippen LogP contribution in [-0.4, -0.2) is 138 Å². The summed E-state index contributed by atoms with van der Waals surface area (Å²) in [6.45, 7) is 6.35. The zero-order chi connectivity index (χ0) is 35.4. The summed E-state index contributed by atoms with van der Waals surface area (Å²) in [6, 6.07) is 7.82. The molecule has 272 valence electrons. The second-order valence-corrected chi connectivity index (χ2v) is 14.8. The number of allylic oxidation sites excluding steroid dienone is 1. The number of nitrogens with zero attached hydrogens (tertiary/aromatic N) is 4. The van der Waals surface area contributed by atoms with E-state index in [2.05, 4.69) is 20.8 Å². The zero-order valence-corrected chi connectivity index (χ0v) is 30.5. The molecule has 1 spiro atoms. The van der Waals surface area contributed by atoms with Gasteiger partial charge in [-0.2, -0.15) is 0 Å². The number of unbranched alkanes of at least 4 members (excludes halogenated alkanes) is 2. The molecule has 1 aromatic carbocycles. The predicted molar refractivity (Wildman–Crippen MR) is 188 cm³/mol. The molecule has 13 heteroatoms. The largest absolute Gasteiger partial charge is 0.455 e. The van der Waals surface area contributed by atoms with E-state index in [4.69, 9.17) is 14.2 Å². The molecule has 3 saturated heterocycles. The van der Waals surface area contributed by atoms with Crippen LogP contribution in [0.5, 0.6) is 0 Å². The van der Waals surface area contributed by atoms with Crippen molar-refractivity contribution in [1.82, 2.24) is 19.6 Å². The first-order chi connectivity index (χ1) is 24.2. The van der Waals surface area contributed by atoms with E-state index in [1.165, 1.54) is 0 Å². The van der Waals surface area contributed by atoms with Gasteiger partial charge >= 0.3 is 5.97 Å². The van der Waals surface area contributed by atoms with E-state index in [1.54, 1.807) is 21.7 Å². The Morgan fingerprint density at radius 1 is 0.940 bits per heavy atom. The first-order valence-corrected chi connectivity index (χ1v) is 18.7. The van der Waals surface area contributed by atoms with Crippen LogP contribution in [0.15, 0.2) is 53.0 Å². The predicted octanol–water partition coefficient (Wildman–Crippen LogP) is 2.66. The molecule has 0 saturated carbocycles. The van der Waals surface area contributed by atoms with Crippen LogP contribution < -0.4 is 0 Å². The number of morpholine rings is 1. The molecule has 0 aliphatic carbocycles. The van der Waals surface area contributed by atoms with Gasteiger partial charge < -0.3 is 34.0 Å². The Kier molecular flexibility index (Phi) is 11.8. The fourth-order valence-corrected chi connectivity index (χ4v) is 8.79. The first-order valence-electron chi connectivity index (χ1n) is 17.9. The minimum Gasteiger partial charge on any atom is -0.455 e. The van der Waals surface area contributed by atoms with Crippen LogP contribution in [0.3, 0.4) is 0 Å². The summed E-state index contributed by atoms with van der Waals surface area (Å²) in [5.74, 6) is -3.23. The lowest BCUT2D eigenvalue weighted by Crippen LogP contribution is -2.57. The molecular weight excluding hydrogens is 708 g/mol. The van der Waals surface area contributed by atoms with Crippen molar-refractivity contribution in [2.45, 2.75) is 68.9 Å². The van der Waals surface area contributed by atoms with Gasteiger partial charge in [-0.3, -0.25) is 24.1 Å². The van der Waals surface area contributed by atoms with Crippen LogP contribution in [0.2, 0.25) is 0 Å². The molecule has 6 rings (SSSR count). The fraction of sp³-hybridized carbons (Fsp3) is 0.622. The number of carbonyl (C=O) groups excluding carboxylic acids is 4.